The first kappa shape index (κ1) is 20.2. The minimum Gasteiger partial charge on any atom is -0.492 e. The number of ether oxygens (including phenoxy) is 1. The predicted octanol–water partition coefficient (Wildman–Crippen LogP) is 2.57. The Morgan fingerprint density at radius 1 is 1.11 bits per heavy atom. The Morgan fingerprint density at radius 3 is 2.63 bits per heavy atom. The van der Waals surface area contributed by atoms with Crippen LogP contribution in [0.3, 0.4) is 0 Å². The van der Waals surface area contributed by atoms with Gasteiger partial charge in [0.15, 0.2) is 5.96 Å². The molecule has 144 valence electrons. The summed E-state index contributed by atoms with van der Waals surface area (Å²) < 4.78 is 18.8. The molecule has 0 aliphatic heterocycles. The molecule has 0 atom stereocenters. The van der Waals surface area contributed by atoms with E-state index in [0.717, 1.165) is 5.56 Å². The molecular weight excluding hydrogens is 347 g/mol. The van der Waals surface area contributed by atoms with E-state index in [0.29, 0.717) is 43.5 Å². The summed E-state index contributed by atoms with van der Waals surface area (Å²) >= 11 is 0. The van der Waals surface area contributed by atoms with Crippen LogP contribution < -0.4 is 20.7 Å². The average Bonchev–Trinajstić information content (AvgIpc) is 2.63. The minimum absolute atomic E-state index is 0.123. The van der Waals surface area contributed by atoms with Gasteiger partial charge in [-0.15, -0.1) is 0 Å². The molecule has 0 aromatic heterocycles. The first-order chi connectivity index (χ1) is 13.1. The Morgan fingerprint density at radius 2 is 1.89 bits per heavy atom. The number of benzene rings is 2. The largest absolute Gasteiger partial charge is 0.492 e. The van der Waals surface area contributed by atoms with Gasteiger partial charge in [0.25, 0.3) is 0 Å². The molecule has 27 heavy (non-hydrogen) atoms. The first-order valence-electron chi connectivity index (χ1n) is 8.76. The fourth-order valence-corrected chi connectivity index (χ4v) is 2.44. The second-order valence-corrected chi connectivity index (χ2v) is 5.86. The summed E-state index contributed by atoms with van der Waals surface area (Å²) in [4.78, 5) is 15.2. The third-order valence-corrected chi connectivity index (χ3v) is 3.64. The Bertz CT molecular complexity index is 780. The van der Waals surface area contributed by atoms with E-state index in [9.17, 15) is 9.18 Å². The molecule has 1 amide bonds. The maximum Gasteiger partial charge on any atom is 0.221 e. The molecule has 0 heterocycles. The van der Waals surface area contributed by atoms with Crippen molar-refractivity contribution in [2.45, 2.75) is 13.3 Å². The van der Waals surface area contributed by atoms with Crippen molar-refractivity contribution in [2.24, 2.45) is 4.99 Å². The third-order valence-electron chi connectivity index (χ3n) is 3.64. The average molecular weight is 372 g/mol. The SMILES string of the molecule is CN=C(NCCOc1cccc(NC(C)=O)c1)NCCc1cccc(F)c1. The molecule has 6 nitrogen and oxygen atoms in total. The fourth-order valence-electron chi connectivity index (χ4n) is 2.44. The Kier molecular flexibility index (Phi) is 8.09. The molecular formula is C20H25FN4O2. The summed E-state index contributed by atoms with van der Waals surface area (Å²) in [6.07, 6.45) is 0.699. The number of amides is 1. The van der Waals surface area contributed by atoms with Crippen LogP contribution in [0.15, 0.2) is 53.5 Å². The normalized spacial score (nSPS) is 11.0. The zero-order chi connectivity index (χ0) is 19.5. The van der Waals surface area contributed by atoms with Gasteiger partial charge in [0.2, 0.25) is 5.91 Å². The van der Waals surface area contributed by atoms with E-state index >= 15 is 0 Å². The highest BCUT2D eigenvalue weighted by Gasteiger charge is 2.01. The van der Waals surface area contributed by atoms with Crippen LogP contribution >= 0.6 is 0 Å². The zero-order valence-electron chi connectivity index (χ0n) is 15.6. The number of carbonyl (C=O) groups is 1. The number of guanidine groups is 1. The molecule has 7 heteroatoms. The van der Waals surface area contributed by atoms with Crippen molar-refractivity contribution in [3.05, 3.63) is 59.9 Å². The molecule has 2 aromatic rings. The van der Waals surface area contributed by atoms with E-state index in [1.807, 2.05) is 18.2 Å². The van der Waals surface area contributed by atoms with Crippen LogP contribution in [0, 0.1) is 5.82 Å². The summed E-state index contributed by atoms with van der Waals surface area (Å²) in [5.41, 5.74) is 1.63. The van der Waals surface area contributed by atoms with Gasteiger partial charge in [-0.3, -0.25) is 9.79 Å². The molecule has 0 bridgehead atoms. The standard InChI is InChI=1S/C20H25FN4O2/c1-15(26)25-18-7-4-8-19(14-18)27-12-11-24-20(22-2)23-10-9-16-5-3-6-17(21)13-16/h3-8,13-14H,9-12H2,1-2H3,(H,25,26)(H2,22,23,24). The Hall–Kier alpha value is -3.09. The van der Waals surface area contributed by atoms with Gasteiger partial charge in [-0.2, -0.15) is 0 Å². The van der Waals surface area contributed by atoms with Gasteiger partial charge in [0.1, 0.15) is 18.2 Å². The molecule has 0 saturated carbocycles. The number of anilines is 1. The summed E-state index contributed by atoms with van der Waals surface area (Å²) in [5, 5.41) is 9.05. The van der Waals surface area contributed by atoms with Crippen molar-refractivity contribution in [3.63, 3.8) is 0 Å². The van der Waals surface area contributed by atoms with Crippen molar-refractivity contribution in [1.82, 2.24) is 10.6 Å². The quantitative estimate of drug-likeness (QED) is 0.378. The smallest absolute Gasteiger partial charge is 0.221 e. The number of aliphatic imine (C=N–C) groups is 1. The van der Waals surface area contributed by atoms with Crippen LogP contribution in [0.5, 0.6) is 5.75 Å². The van der Waals surface area contributed by atoms with E-state index in [2.05, 4.69) is 20.9 Å². The van der Waals surface area contributed by atoms with E-state index in [1.165, 1.54) is 19.1 Å². The van der Waals surface area contributed by atoms with Crippen LogP contribution in [0.4, 0.5) is 10.1 Å². The monoisotopic (exact) mass is 372 g/mol. The van der Waals surface area contributed by atoms with Crippen molar-refractivity contribution < 1.29 is 13.9 Å². The molecule has 0 aliphatic rings. The lowest BCUT2D eigenvalue weighted by Gasteiger charge is -2.13. The molecule has 0 fully saturated rings. The highest BCUT2D eigenvalue weighted by Crippen LogP contribution is 2.16. The van der Waals surface area contributed by atoms with Crippen LogP contribution in [0.2, 0.25) is 0 Å². The lowest BCUT2D eigenvalue weighted by molar-refractivity contribution is -0.114. The van der Waals surface area contributed by atoms with Gasteiger partial charge in [0.05, 0.1) is 6.54 Å². The summed E-state index contributed by atoms with van der Waals surface area (Å²) in [6, 6.07) is 13.8. The molecule has 0 spiro atoms. The minimum atomic E-state index is -0.227. The number of halogens is 1. The number of rotatable bonds is 8. The van der Waals surface area contributed by atoms with Crippen molar-refractivity contribution in [1.29, 1.82) is 0 Å². The molecule has 0 unspecified atom stereocenters. The summed E-state index contributed by atoms with van der Waals surface area (Å²) in [5.74, 6) is 0.982. The van der Waals surface area contributed by atoms with Gasteiger partial charge in [0, 0.05) is 32.3 Å². The lowest BCUT2D eigenvalue weighted by atomic mass is 10.1. The number of nitrogens with one attached hydrogen (secondary N) is 3. The molecule has 0 saturated heterocycles. The van der Waals surface area contributed by atoms with E-state index in [1.54, 1.807) is 25.2 Å². The highest BCUT2D eigenvalue weighted by atomic mass is 19.1. The molecule has 2 rings (SSSR count). The number of carbonyl (C=O) groups excluding carboxylic acids is 1. The van der Waals surface area contributed by atoms with Crippen LogP contribution in [0.25, 0.3) is 0 Å². The second kappa shape index (κ2) is 10.8. The maximum absolute atomic E-state index is 13.2. The van der Waals surface area contributed by atoms with Gasteiger partial charge in [-0.1, -0.05) is 18.2 Å². The van der Waals surface area contributed by atoms with Gasteiger partial charge in [-0.25, -0.2) is 4.39 Å². The van der Waals surface area contributed by atoms with Crippen molar-refractivity contribution in [3.8, 4) is 5.75 Å². The van der Waals surface area contributed by atoms with E-state index < -0.39 is 0 Å². The predicted molar refractivity (Wildman–Crippen MR) is 106 cm³/mol. The topological polar surface area (TPSA) is 74.8 Å². The van der Waals surface area contributed by atoms with Crippen LogP contribution in [-0.4, -0.2) is 38.6 Å². The number of hydrogen-bond donors (Lipinski definition) is 3. The summed E-state index contributed by atoms with van der Waals surface area (Å²) in [7, 11) is 1.69. The fraction of sp³-hybridized carbons (Fsp3) is 0.300. The number of nitrogens with zero attached hydrogens (tertiary/aromatic N) is 1. The Balaban J connectivity index is 1.68. The van der Waals surface area contributed by atoms with E-state index in [4.69, 9.17) is 4.74 Å². The van der Waals surface area contributed by atoms with E-state index in [-0.39, 0.29) is 11.7 Å². The zero-order valence-corrected chi connectivity index (χ0v) is 15.6. The highest BCUT2D eigenvalue weighted by molar-refractivity contribution is 5.88. The number of hydrogen-bond acceptors (Lipinski definition) is 3. The van der Waals surface area contributed by atoms with Gasteiger partial charge < -0.3 is 20.7 Å². The Labute approximate surface area is 158 Å². The molecule has 3 N–H and O–H groups in total. The molecule has 0 radical (unpaired) electrons. The van der Waals surface area contributed by atoms with Crippen molar-refractivity contribution in [2.75, 3.05) is 32.1 Å². The first-order valence-corrected chi connectivity index (χ1v) is 8.76. The van der Waals surface area contributed by atoms with Gasteiger partial charge >= 0.3 is 0 Å². The molecule has 0 aliphatic carbocycles. The van der Waals surface area contributed by atoms with Gasteiger partial charge in [-0.05, 0) is 36.2 Å². The van der Waals surface area contributed by atoms with Crippen LogP contribution in [0.1, 0.15) is 12.5 Å². The van der Waals surface area contributed by atoms with Crippen LogP contribution in [-0.2, 0) is 11.2 Å². The second-order valence-electron chi connectivity index (χ2n) is 5.86. The lowest BCUT2D eigenvalue weighted by Crippen LogP contribution is -2.40. The molecule has 2 aromatic carbocycles. The third kappa shape index (κ3) is 7.77. The maximum atomic E-state index is 13.2. The van der Waals surface area contributed by atoms with Crippen molar-refractivity contribution >= 4 is 17.6 Å². The summed E-state index contributed by atoms with van der Waals surface area (Å²) in [6.45, 7) is 3.10.